The Kier molecular flexibility index (Phi) is 13.5. The molecule has 0 amide bonds. The maximum absolute atomic E-state index is 12.0. The van der Waals surface area contributed by atoms with E-state index in [1.807, 2.05) is 131 Å². The van der Waals surface area contributed by atoms with Crippen LogP contribution < -0.4 is 18.9 Å². The summed E-state index contributed by atoms with van der Waals surface area (Å²) in [6.45, 7) is 10.8. The van der Waals surface area contributed by atoms with Crippen LogP contribution in [-0.4, -0.2) is 59.8 Å². The zero-order chi connectivity index (χ0) is 42.7. The molecule has 312 valence electrons. The van der Waals surface area contributed by atoms with Crippen molar-refractivity contribution in [3.05, 3.63) is 144 Å². The zero-order valence-electron chi connectivity index (χ0n) is 34.7. The van der Waals surface area contributed by atoms with Crippen LogP contribution in [0.25, 0.3) is 45.1 Å². The van der Waals surface area contributed by atoms with E-state index in [1.54, 1.807) is 19.2 Å². The van der Waals surface area contributed by atoms with Gasteiger partial charge in [0.15, 0.2) is 11.3 Å². The second kappa shape index (κ2) is 19.7. The van der Waals surface area contributed by atoms with Gasteiger partial charge in [0.1, 0.15) is 47.9 Å². The van der Waals surface area contributed by atoms with Crippen molar-refractivity contribution in [3.63, 3.8) is 0 Å². The van der Waals surface area contributed by atoms with Gasteiger partial charge in [-0.25, -0.2) is 24.7 Å². The third-order valence-electron chi connectivity index (χ3n) is 9.06. The maximum atomic E-state index is 12.0. The largest absolute Gasteiger partial charge is 0.490 e. The molecule has 4 aromatic heterocycles. The first-order valence-electron chi connectivity index (χ1n) is 20.1. The fourth-order valence-corrected chi connectivity index (χ4v) is 6.27. The number of esters is 1. The highest BCUT2D eigenvalue weighted by atomic mass is 16.5. The summed E-state index contributed by atoms with van der Waals surface area (Å²) in [5.41, 5.74) is 7.31. The Hall–Kier alpha value is -7.25. The minimum Gasteiger partial charge on any atom is -0.490 e. The van der Waals surface area contributed by atoms with Crippen molar-refractivity contribution in [2.45, 2.75) is 66.6 Å². The lowest BCUT2D eigenvalue weighted by Gasteiger charge is -2.15. The van der Waals surface area contributed by atoms with Gasteiger partial charge in [0.2, 0.25) is 0 Å². The number of aromatic amines is 2. The standard InChI is InChI=1S/C25H25N3O4.C23H23N3O3/c1-4-30-25(29)18-12-21-24(26-14-18)28-23(27-21)20-13-19(10-11-22(20)32-16(2)3)31-15-17-8-6-5-7-9-17;1-15(2)29-21-9-8-18(28-14-16-6-4-3-5-7-16)11-19(21)22-25-20-10-17(13-27)12-24-23(20)26-22/h5-14,16H,4,15H2,1-3H3,(H,26,27,28);3-12,15,27H,13-14H2,1-2H3,(H,24,25,26). The fourth-order valence-electron chi connectivity index (χ4n) is 6.27. The number of fused-ring (bicyclic) bond motifs is 2. The number of aliphatic hydroxyl groups excluding tert-OH is 1. The summed E-state index contributed by atoms with van der Waals surface area (Å²) in [5.74, 6) is 3.62. The molecular formula is C48H48N6O7. The van der Waals surface area contributed by atoms with E-state index in [9.17, 15) is 9.90 Å². The lowest BCUT2D eigenvalue weighted by Crippen LogP contribution is -2.07. The second-order valence-electron chi connectivity index (χ2n) is 14.6. The van der Waals surface area contributed by atoms with Gasteiger partial charge < -0.3 is 38.8 Å². The number of aliphatic hydroxyl groups is 1. The predicted molar refractivity (Wildman–Crippen MR) is 234 cm³/mol. The van der Waals surface area contributed by atoms with Gasteiger partial charge in [-0.15, -0.1) is 0 Å². The van der Waals surface area contributed by atoms with Crippen LogP contribution in [0.4, 0.5) is 0 Å². The Balaban J connectivity index is 0.000000185. The van der Waals surface area contributed by atoms with Gasteiger partial charge in [-0.2, -0.15) is 0 Å². The summed E-state index contributed by atoms with van der Waals surface area (Å²) in [7, 11) is 0. The van der Waals surface area contributed by atoms with Crippen molar-refractivity contribution in [3.8, 4) is 45.8 Å². The highest BCUT2D eigenvalue weighted by molar-refractivity contribution is 5.92. The molecule has 4 aromatic carbocycles. The van der Waals surface area contributed by atoms with E-state index in [0.717, 1.165) is 39.1 Å². The van der Waals surface area contributed by atoms with Crippen molar-refractivity contribution < 1.29 is 33.6 Å². The van der Waals surface area contributed by atoms with Crippen LogP contribution in [0.5, 0.6) is 23.0 Å². The molecule has 8 rings (SSSR count). The maximum Gasteiger partial charge on any atom is 0.339 e. The van der Waals surface area contributed by atoms with Crippen LogP contribution in [0.2, 0.25) is 0 Å². The number of hydrogen-bond acceptors (Lipinski definition) is 11. The number of carbonyl (C=O) groups is 1. The van der Waals surface area contributed by atoms with Crippen molar-refractivity contribution in [1.29, 1.82) is 0 Å². The van der Waals surface area contributed by atoms with Gasteiger partial charge in [-0.05, 0) is 99.8 Å². The molecule has 0 saturated heterocycles. The topological polar surface area (TPSA) is 167 Å². The van der Waals surface area contributed by atoms with E-state index in [1.165, 1.54) is 6.20 Å². The summed E-state index contributed by atoms with van der Waals surface area (Å²) in [5, 5.41) is 9.34. The molecule has 0 fully saturated rings. The molecule has 0 spiro atoms. The molecule has 61 heavy (non-hydrogen) atoms. The van der Waals surface area contributed by atoms with Gasteiger partial charge in [0.25, 0.3) is 0 Å². The number of carbonyl (C=O) groups excluding carboxylic acids is 1. The Bertz CT molecular complexity index is 2700. The molecule has 0 aliphatic rings. The first-order valence-corrected chi connectivity index (χ1v) is 20.1. The van der Waals surface area contributed by atoms with Crippen molar-refractivity contribution >= 4 is 28.3 Å². The molecule has 13 heteroatoms. The monoisotopic (exact) mass is 820 g/mol. The number of nitrogens with one attached hydrogen (secondary N) is 2. The van der Waals surface area contributed by atoms with Gasteiger partial charge in [-0.1, -0.05) is 60.7 Å². The molecule has 0 saturated carbocycles. The minimum atomic E-state index is -0.418. The Labute approximate surface area is 353 Å². The molecule has 0 unspecified atom stereocenters. The van der Waals surface area contributed by atoms with Crippen LogP contribution in [0, 0.1) is 0 Å². The number of aromatic nitrogens is 6. The normalized spacial score (nSPS) is 11.1. The molecule has 13 nitrogen and oxygen atoms in total. The third kappa shape index (κ3) is 10.9. The van der Waals surface area contributed by atoms with E-state index in [4.69, 9.17) is 23.7 Å². The van der Waals surface area contributed by atoms with E-state index in [-0.39, 0.29) is 18.8 Å². The van der Waals surface area contributed by atoms with Crippen LogP contribution in [0.3, 0.4) is 0 Å². The summed E-state index contributed by atoms with van der Waals surface area (Å²) < 4.78 is 29.0. The van der Waals surface area contributed by atoms with Crippen LogP contribution in [0.1, 0.15) is 61.7 Å². The number of imidazole rings is 2. The van der Waals surface area contributed by atoms with E-state index >= 15 is 0 Å². The highest BCUT2D eigenvalue weighted by Gasteiger charge is 2.18. The third-order valence-corrected chi connectivity index (χ3v) is 9.06. The van der Waals surface area contributed by atoms with Crippen LogP contribution in [-0.2, 0) is 24.6 Å². The average Bonchev–Trinajstić information content (AvgIpc) is 3.90. The van der Waals surface area contributed by atoms with Crippen LogP contribution >= 0.6 is 0 Å². The SMILES string of the molecule is CC(C)Oc1ccc(OCc2ccccc2)cc1-c1nc2ncc(CO)cc2[nH]1.CCOC(=O)c1cnc2nc(-c3cc(OCc4ccccc4)ccc3OC(C)C)[nH]c2c1. The van der Waals surface area contributed by atoms with E-state index in [0.29, 0.717) is 71.1 Å². The number of pyridine rings is 2. The zero-order valence-corrected chi connectivity index (χ0v) is 34.7. The molecular weight excluding hydrogens is 773 g/mol. The van der Waals surface area contributed by atoms with Crippen molar-refractivity contribution in [2.24, 2.45) is 0 Å². The summed E-state index contributed by atoms with van der Waals surface area (Å²) >= 11 is 0. The molecule has 0 radical (unpaired) electrons. The first kappa shape index (κ1) is 41.9. The predicted octanol–water partition coefficient (Wildman–Crippen LogP) is 9.65. The summed E-state index contributed by atoms with van der Waals surface area (Å²) in [6.07, 6.45) is 3.10. The van der Waals surface area contributed by atoms with E-state index in [2.05, 4.69) is 29.9 Å². The van der Waals surface area contributed by atoms with Gasteiger partial charge >= 0.3 is 5.97 Å². The fraction of sp³-hybridized carbons (Fsp3) is 0.229. The highest BCUT2D eigenvalue weighted by Crippen LogP contribution is 2.35. The Morgan fingerprint density at radius 1 is 0.623 bits per heavy atom. The lowest BCUT2D eigenvalue weighted by atomic mass is 10.1. The molecule has 8 aromatic rings. The number of nitrogens with zero attached hydrogens (tertiary/aromatic N) is 4. The number of H-pyrrole nitrogens is 2. The lowest BCUT2D eigenvalue weighted by molar-refractivity contribution is 0.0526. The van der Waals surface area contributed by atoms with Gasteiger partial charge in [0.05, 0.1) is 53.1 Å². The number of benzene rings is 4. The minimum absolute atomic E-state index is 0.0113. The molecule has 3 N–H and O–H groups in total. The molecule has 0 bridgehead atoms. The number of rotatable bonds is 15. The average molecular weight is 821 g/mol. The smallest absolute Gasteiger partial charge is 0.339 e. The van der Waals surface area contributed by atoms with Crippen LogP contribution in [0.15, 0.2) is 122 Å². The van der Waals surface area contributed by atoms with Crippen molar-refractivity contribution in [2.75, 3.05) is 6.61 Å². The van der Waals surface area contributed by atoms with Crippen molar-refractivity contribution in [1.82, 2.24) is 29.9 Å². The second-order valence-corrected chi connectivity index (χ2v) is 14.6. The summed E-state index contributed by atoms with van der Waals surface area (Å²) in [4.78, 5) is 36.4. The molecule has 0 aliphatic carbocycles. The van der Waals surface area contributed by atoms with Gasteiger partial charge in [0, 0.05) is 12.4 Å². The number of ether oxygens (including phenoxy) is 5. The Morgan fingerprint density at radius 2 is 1.11 bits per heavy atom. The quantitative estimate of drug-likeness (QED) is 0.0843. The molecule has 0 atom stereocenters. The summed E-state index contributed by atoms with van der Waals surface area (Å²) in [6, 6.07) is 34.9. The number of hydrogen-bond donors (Lipinski definition) is 3. The molecule has 0 aliphatic heterocycles. The first-order chi connectivity index (χ1) is 29.6. The molecule has 4 heterocycles. The Morgan fingerprint density at radius 3 is 1.59 bits per heavy atom. The van der Waals surface area contributed by atoms with Gasteiger partial charge in [-0.3, -0.25) is 0 Å². The van der Waals surface area contributed by atoms with E-state index < -0.39 is 5.97 Å².